The number of nitrogens with one attached hydrogen (secondary N) is 1. The predicted octanol–water partition coefficient (Wildman–Crippen LogP) is -0.348. The van der Waals surface area contributed by atoms with Crippen molar-refractivity contribution in [1.29, 1.82) is 0 Å². The van der Waals surface area contributed by atoms with Crippen LogP contribution < -0.4 is 10.1 Å². The number of hydrogen-bond donors (Lipinski definition) is 1. The zero-order chi connectivity index (χ0) is 10.7. The number of ether oxygens (including phenoxy) is 2. The third-order valence-corrected chi connectivity index (χ3v) is 2.12. The van der Waals surface area contributed by atoms with Gasteiger partial charge in [-0.15, -0.1) is 0 Å². The summed E-state index contributed by atoms with van der Waals surface area (Å²) in [6.07, 6.45) is 0. The summed E-state index contributed by atoms with van der Waals surface area (Å²) in [6.45, 7) is 2.32. The Labute approximate surface area is 87.2 Å². The van der Waals surface area contributed by atoms with Crippen molar-refractivity contribution in [3.63, 3.8) is 0 Å². The van der Waals surface area contributed by atoms with E-state index in [1.165, 1.54) is 0 Å². The van der Waals surface area contributed by atoms with Gasteiger partial charge in [0.15, 0.2) is 5.69 Å². The van der Waals surface area contributed by atoms with Gasteiger partial charge in [-0.3, -0.25) is 4.79 Å². The molecular formula is C9H13N3O3. The van der Waals surface area contributed by atoms with Crippen molar-refractivity contribution in [1.82, 2.24) is 15.1 Å². The summed E-state index contributed by atoms with van der Waals surface area (Å²) in [6, 6.07) is 1.65. The van der Waals surface area contributed by atoms with Crippen LogP contribution in [0.4, 0.5) is 0 Å². The molecule has 2 rings (SSSR count). The minimum atomic E-state index is -0.197. The summed E-state index contributed by atoms with van der Waals surface area (Å²) in [5.74, 6) is 0.462. The number of methoxy groups -OCH3 is 1. The fourth-order valence-electron chi connectivity index (χ4n) is 1.38. The van der Waals surface area contributed by atoms with Crippen LogP contribution >= 0.6 is 0 Å². The van der Waals surface area contributed by atoms with Crippen molar-refractivity contribution < 1.29 is 14.3 Å². The van der Waals surface area contributed by atoms with E-state index in [1.54, 1.807) is 17.9 Å². The van der Waals surface area contributed by atoms with Crippen molar-refractivity contribution in [2.75, 3.05) is 26.9 Å². The number of nitrogens with zero attached hydrogens (tertiary/aromatic N) is 2. The Morgan fingerprint density at radius 1 is 1.80 bits per heavy atom. The van der Waals surface area contributed by atoms with Crippen LogP contribution in [0.2, 0.25) is 0 Å². The summed E-state index contributed by atoms with van der Waals surface area (Å²) in [7, 11) is 1.59. The highest BCUT2D eigenvalue weighted by Gasteiger charge is 2.18. The lowest BCUT2D eigenvalue weighted by molar-refractivity contribution is 0.0931. The van der Waals surface area contributed by atoms with E-state index >= 15 is 0 Å². The number of carbonyl (C=O) groups excluding carboxylic acids is 1. The molecule has 82 valence electrons. The average Bonchev–Trinajstić information content (AvgIpc) is 2.76. The SMILES string of the molecule is COCCNC(=O)c1cc2n(n1)CCO2. The fourth-order valence-corrected chi connectivity index (χ4v) is 1.38. The zero-order valence-corrected chi connectivity index (χ0v) is 8.52. The predicted molar refractivity (Wildman–Crippen MR) is 51.9 cm³/mol. The topological polar surface area (TPSA) is 65.4 Å². The monoisotopic (exact) mass is 211 g/mol. The third-order valence-electron chi connectivity index (χ3n) is 2.12. The molecule has 0 aliphatic carbocycles. The molecule has 6 nitrogen and oxygen atoms in total. The molecule has 0 fully saturated rings. The van der Waals surface area contributed by atoms with Gasteiger partial charge in [-0.05, 0) is 0 Å². The van der Waals surface area contributed by atoms with Gasteiger partial charge in [0.2, 0.25) is 5.88 Å². The quantitative estimate of drug-likeness (QED) is 0.691. The van der Waals surface area contributed by atoms with E-state index in [0.29, 0.717) is 37.9 Å². The summed E-state index contributed by atoms with van der Waals surface area (Å²) < 4.78 is 11.8. The van der Waals surface area contributed by atoms with Gasteiger partial charge in [0.1, 0.15) is 6.61 Å². The van der Waals surface area contributed by atoms with E-state index < -0.39 is 0 Å². The highest BCUT2D eigenvalue weighted by Crippen LogP contribution is 2.17. The van der Waals surface area contributed by atoms with E-state index in [9.17, 15) is 4.79 Å². The molecule has 1 aromatic rings. The lowest BCUT2D eigenvalue weighted by atomic mass is 10.4. The first-order valence-electron chi connectivity index (χ1n) is 4.79. The Kier molecular flexibility index (Phi) is 2.86. The first kappa shape index (κ1) is 9.97. The van der Waals surface area contributed by atoms with Crippen LogP contribution in [-0.4, -0.2) is 42.6 Å². The minimum absolute atomic E-state index is 0.197. The van der Waals surface area contributed by atoms with Crippen molar-refractivity contribution in [3.05, 3.63) is 11.8 Å². The summed E-state index contributed by atoms with van der Waals surface area (Å²) in [4.78, 5) is 11.5. The van der Waals surface area contributed by atoms with Crippen LogP contribution in [0, 0.1) is 0 Å². The number of hydrogen-bond acceptors (Lipinski definition) is 4. The molecular weight excluding hydrogens is 198 g/mol. The van der Waals surface area contributed by atoms with E-state index in [2.05, 4.69) is 10.4 Å². The number of rotatable bonds is 4. The molecule has 15 heavy (non-hydrogen) atoms. The summed E-state index contributed by atoms with van der Waals surface area (Å²) >= 11 is 0. The maximum Gasteiger partial charge on any atom is 0.272 e. The van der Waals surface area contributed by atoms with Crippen LogP contribution in [-0.2, 0) is 11.3 Å². The van der Waals surface area contributed by atoms with Gasteiger partial charge in [-0.25, -0.2) is 4.68 Å². The lowest BCUT2D eigenvalue weighted by Crippen LogP contribution is -2.27. The van der Waals surface area contributed by atoms with Crippen molar-refractivity contribution in [2.45, 2.75) is 6.54 Å². The molecule has 0 aromatic carbocycles. The molecule has 1 N–H and O–H groups in total. The molecule has 0 bridgehead atoms. The Balaban J connectivity index is 1.94. The average molecular weight is 211 g/mol. The highest BCUT2D eigenvalue weighted by atomic mass is 16.5. The first-order chi connectivity index (χ1) is 7.31. The molecule has 0 radical (unpaired) electrons. The fraction of sp³-hybridized carbons (Fsp3) is 0.556. The van der Waals surface area contributed by atoms with Gasteiger partial charge in [0, 0.05) is 19.7 Å². The maximum atomic E-state index is 11.5. The van der Waals surface area contributed by atoms with Crippen LogP contribution in [0.25, 0.3) is 0 Å². The molecule has 0 spiro atoms. The summed E-state index contributed by atoms with van der Waals surface area (Å²) in [5, 5.41) is 6.80. The van der Waals surface area contributed by atoms with E-state index in [0.717, 1.165) is 0 Å². The Morgan fingerprint density at radius 2 is 2.67 bits per heavy atom. The van der Waals surface area contributed by atoms with E-state index in [1.807, 2.05) is 0 Å². The first-order valence-corrected chi connectivity index (χ1v) is 4.79. The molecule has 6 heteroatoms. The van der Waals surface area contributed by atoms with Gasteiger partial charge >= 0.3 is 0 Å². The third kappa shape index (κ3) is 2.10. The largest absolute Gasteiger partial charge is 0.476 e. The maximum absolute atomic E-state index is 11.5. The molecule has 0 unspecified atom stereocenters. The standard InChI is InChI=1S/C9H13N3O3/c1-14-4-2-10-9(13)7-6-8-12(11-7)3-5-15-8/h6H,2-5H2,1H3,(H,10,13). The van der Waals surface area contributed by atoms with Crippen molar-refractivity contribution >= 4 is 5.91 Å². The van der Waals surface area contributed by atoms with Crippen molar-refractivity contribution in [3.8, 4) is 5.88 Å². The second-order valence-corrected chi connectivity index (χ2v) is 3.19. The van der Waals surface area contributed by atoms with Gasteiger partial charge in [0.05, 0.1) is 13.2 Å². The van der Waals surface area contributed by atoms with Gasteiger partial charge in [-0.2, -0.15) is 5.10 Å². The molecule has 1 amide bonds. The minimum Gasteiger partial charge on any atom is -0.476 e. The molecule has 0 atom stereocenters. The van der Waals surface area contributed by atoms with Crippen LogP contribution in [0.3, 0.4) is 0 Å². The lowest BCUT2D eigenvalue weighted by Gasteiger charge is -2.01. The van der Waals surface area contributed by atoms with Crippen LogP contribution in [0.5, 0.6) is 5.88 Å². The molecule has 0 saturated heterocycles. The van der Waals surface area contributed by atoms with Crippen LogP contribution in [0.1, 0.15) is 10.5 Å². The summed E-state index contributed by atoms with van der Waals surface area (Å²) in [5.41, 5.74) is 0.390. The molecule has 2 heterocycles. The Bertz CT molecular complexity index is 340. The normalized spacial score (nSPS) is 13.4. The molecule has 1 aliphatic rings. The number of fused-ring (bicyclic) bond motifs is 1. The second-order valence-electron chi connectivity index (χ2n) is 3.19. The Hall–Kier alpha value is -1.56. The van der Waals surface area contributed by atoms with Crippen LogP contribution in [0.15, 0.2) is 6.07 Å². The molecule has 0 saturated carbocycles. The second kappa shape index (κ2) is 4.31. The van der Waals surface area contributed by atoms with E-state index in [4.69, 9.17) is 9.47 Å². The van der Waals surface area contributed by atoms with Crippen molar-refractivity contribution in [2.24, 2.45) is 0 Å². The van der Waals surface area contributed by atoms with Gasteiger partial charge < -0.3 is 14.8 Å². The number of aromatic nitrogens is 2. The van der Waals surface area contributed by atoms with E-state index in [-0.39, 0.29) is 5.91 Å². The number of amides is 1. The highest BCUT2D eigenvalue weighted by molar-refractivity contribution is 5.92. The molecule has 1 aliphatic heterocycles. The molecule has 1 aromatic heterocycles. The van der Waals surface area contributed by atoms with Gasteiger partial charge in [-0.1, -0.05) is 0 Å². The zero-order valence-electron chi connectivity index (χ0n) is 8.52. The smallest absolute Gasteiger partial charge is 0.272 e. The Morgan fingerprint density at radius 3 is 3.40 bits per heavy atom. The number of carbonyl (C=O) groups is 1. The van der Waals surface area contributed by atoms with Gasteiger partial charge in [0.25, 0.3) is 5.91 Å².